The lowest BCUT2D eigenvalue weighted by Gasteiger charge is -2.29. The van der Waals surface area contributed by atoms with Crippen LogP contribution in [-0.4, -0.2) is 21.7 Å². The van der Waals surface area contributed by atoms with Crippen molar-refractivity contribution >= 4 is 17.4 Å². The first-order valence-corrected chi connectivity index (χ1v) is 5.95. The number of hydrogen-bond acceptors (Lipinski definition) is 4. The number of halogens is 1. The lowest BCUT2D eigenvalue weighted by Crippen LogP contribution is -2.36. The molecule has 1 aromatic heterocycles. The van der Waals surface area contributed by atoms with E-state index < -0.39 is 5.54 Å². The number of hydrogen-bond donors (Lipinski definition) is 2. The molecule has 18 heavy (non-hydrogen) atoms. The van der Waals surface area contributed by atoms with Crippen LogP contribution in [0.15, 0.2) is 42.6 Å². The summed E-state index contributed by atoms with van der Waals surface area (Å²) >= 11 is 5.74. The molecule has 2 aromatic rings. The molecular weight excluding hydrogens is 250 g/mol. The second-order valence-electron chi connectivity index (χ2n) is 4.19. The molecular formula is C13H14ClN3O. The van der Waals surface area contributed by atoms with Gasteiger partial charge < -0.3 is 10.4 Å². The monoisotopic (exact) mass is 263 g/mol. The third-order valence-electron chi connectivity index (χ3n) is 2.76. The van der Waals surface area contributed by atoms with Crippen LogP contribution in [0.3, 0.4) is 0 Å². The fourth-order valence-electron chi connectivity index (χ4n) is 1.70. The van der Waals surface area contributed by atoms with E-state index in [-0.39, 0.29) is 11.9 Å². The van der Waals surface area contributed by atoms with Crippen molar-refractivity contribution in [3.8, 4) is 0 Å². The highest BCUT2D eigenvalue weighted by atomic mass is 35.5. The van der Waals surface area contributed by atoms with Crippen molar-refractivity contribution in [2.75, 3.05) is 11.9 Å². The lowest BCUT2D eigenvalue weighted by molar-refractivity contribution is 0.223. The summed E-state index contributed by atoms with van der Waals surface area (Å²) in [5.74, 6) is 0.579. The fourth-order valence-corrected chi connectivity index (χ4v) is 1.84. The number of aliphatic hydroxyl groups excluding tert-OH is 1. The summed E-state index contributed by atoms with van der Waals surface area (Å²) in [6, 6.07) is 11.4. The summed E-state index contributed by atoms with van der Waals surface area (Å²) in [4.78, 5) is 7.88. The van der Waals surface area contributed by atoms with E-state index in [4.69, 9.17) is 11.6 Å². The van der Waals surface area contributed by atoms with Gasteiger partial charge in [0.15, 0.2) is 0 Å². The third-order valence-corrected chi connectivity index (χ3v) is 2.94. The average molecular weight is 264 g/mol. The van der Waals surface area contributed by atoms with Gasteiger partial charge in [-0.05, 0) is 30.2 Å². The van der Waals surface area contributed by atoms with Gasteiger partial charge in [-0.15, -0.1) is 0 Å². The Hall–Kier alpha value is -1.65. The van der Waals surface area contributed by atoms with E-state index in [1.807, 2.05) is 37.3 Å². The van der Waals surface area contributed by atoms with Gasteiger partial charge in [0, 0.05) is 6.20 Å². The Labute approximate surface area is 111 Å². The predicted octanol–water partition coefficient (Wildman–Crippen LogP) is 2.45. The maximum atomic E-state index is 9.63. The molecule has 0 aliphatic carbocycles. The van der Waals surface area contributed by atoms with Gasteiger partial charge in [0.25, 0.3) is 0 Å². The highest BCUT2D eigenvalue weighted by Gasteiger charge is 2.25. The van der Waals surface area contributed by atoms with Crippen molar-refractivity contribution in [1.82, 2.24) is 9.97 Å². The summed E-state index contributed by atoms with van der Waals surface area (Å²) in [5, 5.41) is 13.0. The first kappa shape index (κ1) is 12.8. The Balaban J connectivity index is 2.29. The van der Waals surface area contributed by atoms with Crippen LogP contribution < -0.4 is 5.32 Å². The second kappa shape index (κ2) is 5.33. The summed E-state index contributed by atoms with van der Waals surface area (Å²) in [5.41, 5.74) is 0.362. The minimum Gasteiger partial charge on any atom is -0.394 e. The molecule has 0 fully saturated rings. The number of aromatic nitrogens is 2. The Morgan fingerprint density at radius 1 is 1.28 bits per heavy atom. The number of nitrogens with one attached hydrogen (secondary N) is 1. The van der Waals surface area contributed by atoms with E-state index in [1.165, 1.54) is 0 Å². The number of aliphatic hydroxyl groups is 1. The number of benzene rings is 1. The minimum absolute atomic E-state index is 0.0569. The van der Waals surface area contributed by atoms with E-state index >= 15 is 0 Å². The summed E-state index contributed by atoms with van der Waals surface area (Å²) < 4.78 is 0. The molecule has 1 unspecified atom stereocenters. The molecule has 0 saturated heterocycles. The van der Waals surface area contributed by atoms with Gasteiger partial charge >= 0.3 is 0 Å². The van der Waals surface area contributed by atoms with Gasteiger partial charge in [-0.2, -0.15) is 0 Å². The van der Waals surface area contributed by atoms with Gasteiger partial charge in [-0.1, -0.05) is 30.3 Å². The van der Waals surface area contributed by atoms with Crippen molar-refractivity contribution < 1.29 is 5.11 Å². The summed E-state index contributed by atoms with van der Waals surface area (Å²) in [6.07, 6.45) is 1.57. The van der Waals surface area contributed by atoms with Gasteiger partial charge in [-0.3, -0.25) is 0 Å². The van der Waals surface area contributed by atoms with Crippen molar-refractivity contribution in [3.05, 3.63) is 53.4 Å². The molecule has 0 bridgehead atoms. The molecule has 2 rings (SSSR count). The molecule has 5 heteroatoms. The molecule has 1 heterocycles. The molecule has 0 radical (unpaired) electrons. The molecule has 0 amide bonds. The van der Waals surface area contributed by atoms with E-state index in [1.54, 1.807) is 12.3 Å². The van der Waals surface area contributed by atoms with Crippen LogP contribution in [0.5, 0.6) is 0 Å². The highest BCUT2D eigenvalue weighted by Crippen LogP contribution is 2.24. The zero-order valence-corrected chi connectivity index (χ0v) is 10.7. The smallest absolute Gasteiger partial charge is 0.224 e. The maximum Gasteiger partial charge on any atom is 0.224 e. The fraction of sp³-hybridized carbons (Fsp3) is 0.231. The van der Waals surface area contributed by atoms with E-state index in [0.717, 1.165) is 5.56 Å². The van der Waals surface area contributed by atoms with E-state index in [2.05, 4.69) is 15.3 Å². The van der Waals surface area contributed by atoms with Gasteiger partial charge in [0.05, 0.1) is 12.1 Å². The predicted molar refractivity (Wildman–Crippen MR) is 71.5 cm³/mol. The van der Waals surface area contributed by atoms with Gasteiger partial charge in [0.2, 0.25) is 5.28 Å². The highest BCUT2D eigenvalue weighted by molar-refractivity contribution is 6.28. The maximum absolute atomic E-state index is 9.63. The van der Waals surface area contributed by atoms with Crippen molar-refractivity contribution in [3.63, 3.8) is 0 Å². The van der Waals surface area contributed by atoms with Crippen LogP contribution in [0.1, 0.15) is 12.5 Å². The van der Waals surface area contributed by atoms with Crippen LogP contribution in [-0.2, 0) is 5.54 Å². The molecule has 0 aliphatic heterocycles. The third kappa shape index (κ3) is 2.78. The first-order valence-electron chi connectivity index (χ1n) is 5.57. The largest absolute Gasteiger partial charge is 0.394 e. The summed E-state index contributed by atoms with van der Waals surface area (Å²) in [6.45, 7) is 1.84. The molecule has 4 nitrogen and oxygen atoms in total. The average Bonchev–Trinajstić information content (AvgIpc) is 2.39. The Morgan fingerprint density at radius 3 is 2.61 bits per heavy atom. The van der Waals surface area contributed by atoms with Gasteiger partial charge in [-0.25, -0.2) is 9.97 Å². The molecule has 2 N–H and O–H groups in total. The second-order valence-corrected chi connectivity index (χ2v) is 4.53. The number of anilines is 1. The normalized spacial score (nSPS) is 13.9. The van der Waals surface area contributed by atoms with Crippen LogP contribution >= 0.6 is 11.6 Å². The van der Waals surface area contributed by atoms with E-state index in [0.29, 0.717) is 5.82 Å². The number of nitrogens with zero attached hydrogens (tertiary/aromatic N) is 2. The Kier molecular flexibility index (Phi) is 3.79. The molecule has 0 spiro atoms. The van der Waals surface area contributed by atoms with Crippen LogP contribution in [0.4, 0.5) is 5.82 Å². The minimum atomic E-state index is -0.612. The first-order chi connectivity index (χ1) is 8.64. The summed E-state index contributed by atoms with van der Waals surface area (Å²) in [7, 11) is 0. The lowest BCUT2D eigenvalue weighted by atomic mass is 9.93. The van der Waals surface area contributed by atoms with Crippen molar-refractivity contribution in [2.24, 2.45) is 0 Å². The molecule has 0 aliphatic rings. The zero-order valence-electron chi connectivity index (χ0n) is 9.97. The van der Waals surface area contributed by atoms with Crippen LogP contribution in [0.2, 0.25) is 5.28 Å². The zero-order chi connectivity index (χ0) is 13.0. The molecule has 0 saturated carbocycles. The quantitative estimate of drug-likeness (QED) is 0.832. The van der Waals surface area contributed by atoms with Crippen LogP contribution in [0, 0.1) is 0 Å². The molecule has 1 atom stereocenters. The van der Waals surface area contributed by atoms with Crippen molar-refractivity contribution in [1.29, 1.82) is 0 Å². The molecule has 1 aromatic carbocycles. The molecule has 94 valence electrons. The Bertz CT molecular complexity index is 521. The Morgan fingerprint density at radius 2 is 2.00 bits per heavy atom. The topological polar surface area (TPSA) is 58.0 Å². The van der Waals surface area contributed by atoms with Crippen molar-refractivity contribution in [2.45, 2.75) is 12.5 Å². The SMILES string of the molecule is CC(CO)(Nc1ccnc(Cl)n1)c1ccccc1. The van der Waals surface area contributed by atoms with E-state index in [9.17, 15) is 5.11 Å². The van der Waals surface area contributed by atoms with Crippen LogP contribution in [0.25, 0.3) is 0 Å². The number of rotatable bonds is 4. The van der Waals surface area contributed by atoms with Gasteiger partial charge in [0.1, 0.15) is 5.82 Å². The standard InChI is InChI=1S/C13H14ClN3O/c1-13(9-18,10-5-3-2-4-6-10)17-11-7-8-15-12(14)16-11/h2-8,18H,9H2,1H3,(H,15,16,17).